The van der Waals surface area contributed by atoms with Gasteiger partial charge in [-0.2, -0.15) is 0 Å². The lowest BCUT2D eigenvalue weighted by molar-refractivity contribution is -0.119. The summed E-state index contributed by atoms with van der Waals surface area (Å²) in [6, 6.07) is 0. The number of rotatable bonds is 7. The number of amides is 1. The Bertz CT molecular complexity index is 396. The Morgan fingerprint density at radius 3 is 2.54 bits per heavy atom. The van der Waals surface area contributed by atoms with Crippen molar-refractivity contribution in [3.8, 4) is 0 Å². The largest absolute Gasteiger partial charge is 0.370 e. The molecule has 0 bridgehead atoms. The van der Waals surface area contributed by atoms with Crippen molar-refractivity contribution in [3.63, 3.8) is 0 Å². The summed E-state index contributed by atoms with van der Waals surface area (Å²) in [5, 5.41) is 3.50. The predicted octanol–water partition coefficient (Wildman–Crippen LogP) is 3.13. The average molecular weight is 450 g/mol. The average Bonchev–Trinajstić information content (AvgIpc) is 3.04. The molecule has 0 aromatic heterocycles. The molecule has 1 amide bonds. The number of hydrogen-bond acceptors (Lipinski definition) is 2. The first-order chi connectivity index (χ1) is 11.2. The van der Waals surface area contributed by atoms with Crippen molar-refractivity contribution in [3.05, 3.63) is 0 Å². The van der Waals surface area contributed by atoms with E-state index in [2.05, 4.69) is 15.2 Å². The molecule has 1 heterocycles. The van der Waals surface area contributed by atoms with Crippen molar-refractivity contribution in [2.24, 2.45) is 22.6 Å². The highest BCUT2D eigenvalue weighted by Gasteiger charge is 2.23. The molecule has 0 aromatic carbocycles. The van der Waals surface area contributed by atoms with Crippen LogP contribution in [0.2, 0.25) is 0 Å². The van der Waals surface area contributed by atoms with E-state index in [1.54, 1.807) is 0 Å². The first-order valence-corrected chi connectivity index (χ1v) is 9.43. The number of nitrogens with zero attached hydrogens (tertiary/aromatic N) is 2. The summed E-state index contributed by atoms with van der Waals surface area (Å²) >= 11 is 0. The number of nitrogens with one attached hydrogen (secondary N) is 1. The van der Waals surface area contributed by atoms with Gasteiger partial charge in [0.05, 0.1) is 0 Å². The zero-order valence-electron chi connectivity index (χ0n) is 15.1. The minimum absolute atomic E-state index is 0. The van der Waals surface area contributed by atoms with E-state index in [1.165, 1.54) is 44.9 Å². The summed E-state index contributed by atoms with van der Waals surface area (Å²) < 4.78 is 0. The van der Waals surface area contributed by atoms with Crippen molar-refractivity contribution in [2.45, 2.75) is 64.2 Å². The van der Waals surface area contributed by atoms with Crippen LogP contribution in [0.5, 0.6) is 0 Å². The number of aliphatic imine (C=N–C) groups is 1. The summed E-state index contributed by atoms with van der Waals surface area (Å²) in [4.78, 5) is 17.8. The molecule has 0 aromatic rings. The minimum Gasteiger partial charge on any atom is -0.370 e. The highest BCUT2D eigenvalue weighted by Crippen LogP contribution is 2.28. The van der Waals surface area contributed by atoms with Crippen molar-refractivity contribution in [1.29, 1.82) is 0 Å². The molecule has 0 spiro atoms. The molecule has 3 N–H and O–H groups in total. The van der Waals surface area contributed by atoms with Crippen LogP contribution in [0.4, 0.5) is 0 Å². The van der Waals surface area contributed by atoms with Crippen LogP contribution >= 0.6 is 24.0 Å². The number of piperidine rings is 1. The van der Waals surface area contributed by atoms with Gasteiger partial charge in [0.25, 0.3) is 0 Å². The van der Waals surface area contributed by atoms with E-state index in [9.17, 15) is 4.79 Å². The van der Waals surface area contributed by atoms with Crippen LogP contribution in [0.15, 0.2) is 4.99 Å². The minimum atomic E-state index is -0.188. The second-order valence-corrected chi connectivity index (χ2v) is 7.24. The maximum absolute atomic E-state index is 11.1. The van der Waals surface area contributed by atoms with Crippen LogP contribution in [0.3, 0.4) is 0 Å². The lowest BCUT2D eigenvalue weighted by atomic mass is 9.95. The Hall–Kier alpha value is -0.530. The van der Waals surface area contributed by atoms with Gasteiger partial charge >= 0.3 is 0 Å². The Labute approximate surface area is 164 Å². The lowest BCUT2D eigenvalue weighted by Gasteiger charge is -2.34. The van der Waals surface area contributed by atoms with Gasteiger partial charge < -0.3 is 16.0 Å². The fraction of sp³-hybridized carbons (Fsp3) is 0.889. The zero-order chi connectivity index (χ0) is 16.5. The number of halogens is 1. The molecule has 1 aliphatic carbocycles. The van der Waals surface area contributed by atoms with E-state index in [4.69, 9.17) is 5.73 Å². The number of likely N-dealkylation sites (tertiary alicyclic amines) is 1. The van der Waals surface area contributed by atoms with Gasteiger partial charge in [0.1, 0.15) is 0 Å². The van der Waals surface area contributed by atoms with Gasteiger partial charge in [0.2, 0.25) is 5.91 Å². The van der Waals surface area contributed by atoms with Gasteiger partial charge in [0.15, 0.2) is 5.96 Å². The molecule has 0 radical (unpaired) electrons. The monoisotopic (exact) mass is 450 g/mol. The topological polar surface area (TPSA) is 70.7 Å². The summed E-state index contributed by atoms with van der Waals surface area (Å²) in [7, 11) is 1.85. The molecule has 24 heavy (non-hydrogen) atoms. The number of carbonyl (C=O) groups excluding carboxylic acids is 1. The molecule has 1 atom stereocenters. The van der Waals surface area contributed by atoms with Crippen LogP contribution in [0.1, 0.15) is 64.2 Å². The van der Waals surface area contributed by atoms with E-state index in [0.29, 0.717) is 12.3 Å². The molecule has 2 rings (SSSR count). The van der Waals surface area contributed by atoms with Gasteiger partial charge in [0, 0.05) is 33.1 Å². The van der Waals surface area contributed by atoms with E-state index >= 15 is 0 Å². The Balaban J connectivity index is 0.00000288. The third-order valence-electron chi connectivity index (χ3n) is 5.32. The Kier molecular flexibility index (Phi) is 10.7. The normalized spacial score (nSPS) is 22.3. The molecule has 5 nitrogen and oxygen atoms in total. The molecule has 1 saturated carbocycles. The van der Waals surface area contributed by atoms with Gasteiger partial charge in [-0.3, -0.25) is 9.79 Å². The maximum atomic E-state index is 11.1. The van der Waals surface area contributed by atoms with Gasteiger partial charge in [-0.05, 0) is 31.1 Å². The number of guanidine groups is 1. The van der Waals surface area contributed by atoms with Crippen LogP contribution < -0.4 is 11.1 Å². The lowest BCUT2D eigenvalue weighted by Crippen LogP contribution is -2.47. The molecule has 6 heteroatoms. The standard InChI is InChI=1S/C18H34N4O.HI/c1-20-18(21-11-5-4-9-15-7-2-3-8-15)22-12-6-10-16(14-22)13-17(19)23;/h15-16H,2-14H2,1H3,(H2,19,23)(H,20,21);1H. The van der Waals surface area contributed by atoms with Crippen molar-refractivity contribution in [2.75, 3.05) is 26.7 Å². The first kappa shape index (κ1) is 21.5. The van der Waals surface area contributed by atoms with Crippen LogP contribution in [0, 0.1) is 11.8 Å². The molecule has 1 aliphatic heterocycles. The Morgan fingerprint density at radius 1 is 1.17 bits per heavy atom. The number of carbonyl (C=O) groups is 1. The number of primary amides is 1. The smallest absolute Gasteiger partial charge is 0.217 e. The molecule has 2 aliphatic rings. The molecular formula is C18H35IN4O. The van der Waals surface area contributed by atoms with Crippen molar-refractivity contribution >= 4 is 35.8 Å². The quantitative estimate of drug-likeness (QED) is 0.271. The predicted molar refractivity (Wildman–Crippen MR) is 111 cm³/mol. The third kappa shape index (κ3) is 7.57. The first-order valence-electron chi connectivity index (χ1n) is 9.43. The molecule has 140 valence electrons. The van der Waals surface area contributed by atoms with E-state index < -0.39 is 0 Å². The van der Waals surface area contributed by atoms with Crippen molar-refractivity contribution in [1.82, 2.24) is 10.2 Å². The number of hydrogen-bond donors (Lipinski definition) is 2. The SMILES string of the molecule is CN=C(NCCCCC1CCCC1)N1CCCC(CC(N)=O)C1.I. The van der Waals surface area contributed by atoms with Gasteiger partial charge in [-0.15, -0.1) is 24.0 Å². The summed E-state index contributed by atoms with van der Waals surface area (Å²) in [5.74, 6) is 2.17. The number of unbranched alkanes of at least 4 members (excludes halogenated alkanes) is 1. The van der Waals surface area contributed by atoms with E-state index in [-0.39, 0.29) is 29.9 Å². The van der Waals surface area contributed by atoms with Crippen LogP contribution in [0.25, 0.3) is 0 Å². The fourth-order valence-electron chi connectivity index (χ4n) is 4.10. The Morgan fingerprint density at radius 2 is 1.88 bits per heavy atom. The summed E-state index contributed by atoms with van der Waals surface area (Å²) in [5.41, 5.74) is 5.34. The highest BCUT2D eigenvalue weighted by atomic mass is 127. The van der Waals surface area contributed by atoms with E-state index in [1.807, 2.05) is 7.05 Å². The van der Waals surface area contributed by atoms with Crippen LogP contribution in [-0.2, 0) is 4.79 Å². The fourth-order valence-corrected chi connectivity index (χ4v) is 4.10. The molecule has 1 saturated heterocycles. The van der Waals surface area contributed by atoms with E-state index in [0.717, 1.165) is 44.4 Å². The number of nitrogens with two attached hydrogens (primary N) is 1. The molecule has 1 unspecified atom stereocenters. The van der Waals surface area contributed by atoms with Crippen LogP contribution in [-0.4, -0.2) is 43.4 Å². The third-order valence-corrected chi connectivity index (χ3v) is 5.32. The summed E-state index contributed by atoms with van der Waals surface area (Å²) in [6.45, 7) is 2.91. The molecule has 2 fully saturated rings. The van der Waals surface area contributed by atoms with Gasteiger partial charge in [-0.25, -0.2) is 0 Å². The molecular weight excluding hydrogens is 415 g/mol. The van der Waals surface area contributed by atoms with Crippen molar-refractivity contribution < 1.29 is 4.79 Å². The zero-order valence-corrected chi connectivity index (χ0v) is 17.5. The maximum Gasteiger partial charge on any atom is 0.217 e. The van der Waals surface area contributed by atoms with Gasteiger partial charge in [-0.1, -0.05) is 38.5 Å². The highest BCUT2D eigenvalue weighted by molar-refractivity contribution is 14.0. The second-order valence-electron chi connectivity index (χ2n) is 7.24. The second kappa shape index (κ2) is 11.9. The summed E-state index contributed by atoms with van der Waals surface area (Å²) in [6.07, 6.45) is 12.4.